The summed E-state index contributed by atoms with van der Waals surface area (Å²) in [4.78, 5) is 13.4. The molecule has 0 amide bonds. The van der Waals surface area contributed by atoms with Gasteiger partial charge in [0.2, 0.25) is 0 Å². The second-order valence-corrected chi connectivity index (χ2v) is 5.90. The minimum atomic E-state index is -0.532. The Labute approximate surface area is 99.6 Å². The number of hydrogen-bond donors (Lipinski definition) is 1. The smallest absolute Gasteiger partial charge is 0.182 e. The van der Waals surface area contributed by atoms with Crippen molar-refractivity contribution in [2.45, 2.75) is 36.1 Å². The summed E-state index contributed by atoms with van der Waals surface area (Å²) in [5, 5.41) is 0. The number of benzene rings is 1. The van der Waals surface area contributed by atoms with Gasteiger partial charge in [0.25, 0.3) is 0 Å². The van der Waals surface area contributed by atoms with Crippen molar-refractivity contribution < 1.29 is 4.79 Å². The highest BCUT2D eigenvalue weighted by molar-refractivity contribution is 7.99. The summed E-state index contributed by atoms with van der Waals surface area (Å²) >= 11 is 1.89. The summed E-state index contributed by atoms with van der Waals surface area (Å²) in [6, 6.07) is 6.07. The largest absolute Gasteiger partial charge is 0.319 e. The molecule has 2 nitrogen and oxygen atoms in total. The number of fused-ring (bicyclic) bond motifs is 1. The summed E-state index contributed by atoms with van der Waals surface area (Å²) in [6.45, 7) is 0. The molecule has 0 radical (unpaired) electrons. The van der Waals surface area contributed by atoms with Crippen LogP contribution in [0.15, 0.2) is 23.1 Å². The van der Waals surface area contributed by atoms with Gasteiger partial charge in [0.15, 0.2) is 5.78 Å². The van der Waals surface area contributed by atoms with Crippen LogP contribution < -0.4 is 5.73 Å². The second kappa shape index (κ2) is 3.60. The van der Waals surface area contributed by atoms with E-state index in [0.29, 0.717) is 0 Å². The lowest BCUT2D eigenvalue weighted by Gasteiger charge is -2.16. The third kappa shape index (κ3) is 1.68. The quantitative estimate of drug-likeness (QED) is 0.798. The number of thioether (sulfide) groups is 1. The van der Waals surface area contributed by atoms with E-state index in [2.05, 4.69) is 12.1 Å². The first-order chi connectivity index (χ1) is 7.69. The van der Waals surface area contributed by atoms with Crippen LogP contribution in [0.5, 0.6) is 0 Å². The van der Waals surface area contributed by atoms with Crippen LogP contribution in [0, 0.1) is 0 Å². The molecule has 0 aromatic heterocycles. The van der Waals surface area contributed by atoms with Crippen LogP contribution in [0.3, 0.4) is 0 Å². The molecular weight excluding hydrogens is 218 g/mol. The van der Waals surface area contributed by atoms with Gasteiger partial charge in [-0.1, -0.05) is 6.07 Å². The molecule has 0 bridgehead atoms. The zero-order valence-corrected chi connectivity index (χ0v) is 9.98. The Bertz CT molecular complexity index is 451. The molecule has 3 heteroatoms. The summed E-state index contributed by atoms with van der Waals surface area (Å²) in [5.41, 5.74) is 7.54. The van der Waals surface area contributed by atoms with Crippen molar-refractivity contribution in [2.24, 2.45) is 5.73 Å². The van der Waals surface area contributed by atoms with Crippen LogP contribution in [-0.4, -0.2) is 17.1 Å². The lowest BCUT2D eigenvalue weighted by atomic mass is 9.99. The van der Waals surface area contributed by atoms with E-state index >= 15 is 0 Å². The molecule has 0 unspecified atom stereocenters. The van der Waals surface area contributed by atoms with Crippen molar-refractivity contribution >= 4 is 17.5 Å². The van der Waals surface area contributed by atoms with Gasteiger partial charge in [-0.15, -0.1) is 11.8 Å². The molecule has 1 fully saturated rings. The van der Waals surface area contributed by atoms with Gasteiger partial charge in [0.1, 0.15) is 0 Å². The first kappa shape index (κ1) is 10.4. The third-order valence-corrected chi connectivity index (χ3v) is 4.61. The van der Waals surface area contributed by atoms with E-state index in [4.69, 9.17) is 5.73 Å². The zero-order valence-electron chi connectivity index (χ0n) is 9.16. The van der Waals surface area contributed by atoms with Crippen molar-refractivity contribution in [1.82, 2.24) is 0 Å². The van der Waals surface area contributed by atoms with E-state index in [9.17, 15) is 4.79 Å². The SMILES string of the molecule is NC1(C(=O)c2ccc3c(c2)CCCS3)CC1. The molecule has 3 rings (SSSR count). The lowest BCUT2D eigenvalue weighted by Crippen LogP contribution is -2.32. The fraction of sp³-hybridized carbons (Fsp3) is 0.462. The summed E-state index contributed by atoms with van der Waals surface area (Å²) in [6.07, 6.45) is 4.00. The first-order valence-electron chi connectivity index (χ1n) is 5.78. The monoisotopic (exact) mass is 233 g/mol. The van der Waals surface area contributed by atoms with Gasteiger partial charge in [0.05, 0.1) is 5.54 Å². The number of hydrogen-bond acceptors (Lipinski definition) is 3. The Hall–Kier alpha value is -0.800. The first-order valence-corrected chi connectivity index (χ1v) is 6.77. The Morgan fingerprint density at radius 1 is 1.38 bits per heavy atom. The standard InChI is InChI=1S/C13H15NOS/c14-13(5-6-13)12(15)10-3-4-11-9(8-10)2-1-7-16-11/h3-4,8H,1-2,5-7,14H2. The van der Waals surface area contributed by atoms with Crippen molar-refractivity contribution in [2.75, 3.05) is 5.75 Å². The Kier molecular flexibility index (Phi) is 2.33. The second-order valence-electron chi connectivity index (χ2n) is 4.76. The molecule has 0 saturated heterocycles. The van der Waals surface area contributed by atoms with Gasteiger partial charge in [-0.25, -0.2) is 0 Å². The van der Waals surface area contributed by atoms with Gasteiger partial charge >= 0.3 is 0 Å². The minimum Gasteiger partial charge on any atom is -0.319 e. The number of Topliss-reactive ketones (excluding diaryl/α,β-unsaturated/α-hetero) is 1. The molecule has 1 aromatic carbocycles. The molecule has 1 saturated carbocycles. The van der Waals surface area contributed by atoms with Crippen LogP contribution in [0.4, 0.5) is 0 Å². The van der Waals surface area contributed by atoms with Crippen LogP contribution in [-0.2, 0) is 6.42 Å². The molecule has 1 heterocycles. The Morgan fingerprint density at radius 3 is 2.94 bits per heavy atom. The topological polar surface area (TPSA) is 43.1 Å². The number of aryl methyl sites for hydroxylation is 1. The molecule has 2 aliphatic rings. The molecule has 84 valence electrons. The van der Waals surface area contributed by atoms with Crippen molar-refractivity contribution in [1.29, 1.82) is 0 Å². The predicted molar refractivity (Wildman–Crippen MR) is 66.0 cm³/mol. The summed E-state index contributed by atoms with van der Waals surface area (Å²) in [7, 11) is 0. The molecule has 16 heavy (non-hydrogen) atoms. The highest BCUT2D eigenvalue weighted by Crippen LogP contribution is 2.37. The molecular formula is C13H15NOS. The van der Waals surface area contributed by atoms with Crippen molar-refractivity contribution in [3.63, 3.8) is 0 Å². The zero-order chi connectivity index (χ0) is 11.2. The average Bonchev–Trinajstić information content (AvgIpc) is 3.07. The Balaban J connectivity index is 1.94. The molecule has 1 aliphatic carbocycles. The maximum Gasteiger partial charge on any atom is 0.182 e. The van der Waals surface area contributed by atoms with E-state index in [1.54, 1.807) is 0 Å². The summed E-state index contributed by atoms with van der Waals surface area (Å²) < 4.78 is 0. The van der Waals surface area contributed by atoms with Gasteiger partial charge in [0, 0.05) is 10.5 Å². The van der Waals surface area contributed by atoms with Crippen LogP contribution in [0.1, 0.15) is 35.2 Å². The van der Waals surface area contributed by atoms with E-state index in [0.717, 1.165) is 24.8 Å². The van der Waals surface area contributed by atoms with E-state index < -0.39 is 5.54 Å². The predicted octanol–water partition coefficient (Wildman–Crippen LogP) is 2.40. The number of rotatable bonds is 2. The highest BCUT2D eigenvalue weighted by atomic mass is 32.2. The minimum absolute atomic E-state index is 0.130. The van der Waals surface area contributed by atoms with Crippen molar-refractivity contribution in [3.05, 3.63) is 29.3 Å². The summed E-state index contributed by atoms with van der Waals surface area (Å²) in [5.74, 6) is 1.33. The van der Waals surface area contributed by atoms with Crippen LogP contribution in [0.25, 0.3) is 0 Å². The molecule has 0 spiro atoms. The number of carbonyl (C=O) groups excluding carboxylic acids is 1. The average molecular weight is 233 g/mol. The number of nitrogens with two attached hydrogens (primary N) is 1. The third-order valence-electron chi connectivity index (χ3n) is 3.41. The van der Waals surface area contributed by atoms with E-state index in [1.165, 1.54) is 22.6 Å². The number of ketones is 1. The van der Waals surface area contributed by atoms with E-state index in [1.807, 2.05) is 17.8 Å². The maximum absolute atomic E-state index is 12.1. The van der Waals surface area contributed by atoms with Gasteiger partial charge < -0.3 is 5.73 Å². The Morgan fingerprint density at radius 2 is 2.19 bits per heavy atom. The fourth-order valence-electron chi connectivity index (χ4n) is 2.15. The molecule has 1 aromatic rings. The van der Waals surface area contributed by atoms with Crippen LogP contribution >= 0.6 is 11.8 Å². The van der Waals surface area contributed by atoms with Crippen molar-refractivity contribution in [3.8, 4) is 0 Å². The molecule has 2 N–H and O–H groups in total. The maximum atomic E-state index is 12.1. The fourth-order valence-corrected chi connectivity index (χ4v) is 3.17. The lowest BCUT2D eigenvalue weighted by molar-refractivity contribution is 0.0949. The van der Waals surface area contributed by atoms with E-state index in [-0.39, 0.29) is 5.78 Å². The normalized spacial score (nSPS) is 21.3. The van der Waals surface area contributed by atoms with Gasteiger partial charge in [-0.2, -0.15) is 0 Å². The molecule has 0 atom stereocenters. The number of carbonyl (C=O) groups is 1. The highest BCUT2D eigenvalue weighted by Gasteiger charge is 2.46. The van der Waals surface area contributed by atoms with Crippen LogP contribution in [0.2, 0.25) is 0 Å². The molecule has 1 aliphatic heterocycles. The van der Waals surface area contributed by atoms with Gasteiger partial charge in [-0.05, 0) is 49.1 Å². The van der Waals surface area contributed by atoms with Gasteiger partial charge in [-0.3, -0.25) is 4.79 Å².